The average molecular weight is 425 g/mol. The minimum Gasteiger partial charge on any atom is -0.315 e. The number of hydrogen-bond donors (Lipinski definition) is 1. The Bertz CT molecular complexity index is 264. The molecule has 1 unspecified atom stereocenters. The Morgan fingerprint density at radius 3 is 1.41 bits per heavy atom. The fourth-order valence-corrected chi connectivity index (χ4v) is 4.04. The van der Waals surface area contributed by atoms with E-state index < -0.39 is 0 Å². The number of halogens is 2. The minimum absolute atomic E-state index is 0.139. The molecule has 0 amide bonds. The monoisotopic (exact) mass is 423 g/mol. The first-order chi connectivity index (χ1) is 12.9. The highest BCUT2D eigenvalue weighted by Crippen LogP contribution is 2.35. The van der Waals surface area contributed by atoms with Crippen LogP contribution in [0.3, 0.4) is 0 Å². The van der Waals surface area contributed by atoms with E-state index in [1.807, 2.05) is 0 Å². The lowest BCUT2D eigenvalue weighted by Gasteiger charge is -2.32. The Hall–Kier alpha value is 0.540. The molecule has 0 aliphatic heterocycles. The summed E-state index contributed by atoms with van der Waals surface area (Å²) in [4.78, 5) is 0. The summed E-state index contributed by atoms with van der Waals surface area (Å²) in [6.45, 7) is 11.2. The van der Waals surface area contributed by atoms with Crippen molar-refractivity contribution >= 4 is 23.2 Å². The Labute approximate surface area is 182 Å². The third-order valence-electron chi connectivity index (χ3n) is 6.04. The third-order valence-corrected chi connectivity index (χ3v) is 6.79. The number of unbranched alkanes of at least 4 members (excludes halogenated alkanes) is 8. The molecule has 0 aliphatic carbocycles. The van der Waals surface area contributed by atoms with Gasteiger partial charge in [0.2, 0.25) is 0 Å². The second kappa shape index (κ2) is 21.3. The van der Waals surface area contributed by atoms with Gasteiger partial charge in [-0.3, -0.25) is 0 Å². The predicted molar refractivity (Wildman–Crippen MR) is 128 cm³/mol. The van der Waals surface area contributed by atoms with Crippen LogP contribution in [0.25, 0.3) is 0 Å². The van der Waals surface area contributed by atoms with Gasteiger partial charge < -0.3 is 5.73 Å². The summed E-state index contributed by atoms with van der Waals surface area (Å²) in [5.41, 5.74) is 5.97. The van der Waals surface area contributed by atoms with Crippen LogP contribution >= 0.6 is 23.2 Å². The summed E-state index contributed by atoms with van der Waals surface area (Å²) in [6.07, 6.45) is 19.4. The molecule has 0 aromatic heterocycles. The van der Waals surface area contributed by atoms with Gasteiger partial charge >= 0.3 is 0 Å². The van der Waals surface area contributed by atoms with E-state index in [-0.39, 0.29) is 10.9 Å². The van der Waals surface area contributed by atoms with Gasteiger partial charge in [0.15, 0.2) is 0 Å². The van der Waals surface area contributed by atoms with E-state index in [9.17, 15) is 0 Å². The van der Waals surface area contributed by atoms with Crippen molar-refractivity contribution in [3.8, 4) is 0 Å². The number of rotatable bonds is 17. The first-order valence-corrected chi connectivity index (χ1v) is 12.8. The Balaban J connectivity index is 0. The summed E-state index contributed by atoms with van der Waals surface area (Å²) in [5, 5.41) is 0. The van der Waals surface area contributed by atoms with Gasteiger partial charge in [0.25, 0.3) is 0 Å². The average Bonchev–Trinajstić information content (AvgIpc) is 2.66. The van der Waals surface area contributed by atoms with Crippen molar-refractivity contribution in [3.05, 3.63) is 0 Å². The number of nitrogens with two attached hydrogens (primary N) is 1. The van der Waals surface area contributed by atoms with E-state index in [0.29, 0.717) is 0 Å². The van der Waals surface area contributed by atoms with Crippen molar-refractivity contribution in [2.24, 2.45) is 17.1 Å². The fourth-order valence-electron chi connectivity index (χ4n) is 3.52. The molecule has 0 rings (SSSR count). The normalized spacial score (nSPS) is 12.8. The molecule has 0 aliphatic rings. The first-order valence-electron chi connectivity index (χ1n) is 11.9. The van der Waals surface area contributed by atoms with Crippen LogP contribution < -0.4 is 5.73 Å². The summed E-state index contributed by atoms with van der Waals surface area (Å²) in [7, 11) is 0. The van der Waals surface area contributed by atoms with E-state index in [1.165, 1.54) is 96.3 Å². The van der Waals surface area contributed by atoms with Crippen molar-refractivity contribution in [1.29, 1.82) is 0 Å². The maximum absolute atomic E-state index is 6.24. The minimum atomic E-state index is -0.190. The van der Waals surface area contributed by atoms with Crippen LogP contribution in [-0.2, 0) is 0 Å². The molecular weight excluding hydrogens is 373 g/mol. The highest BCUT2D eigenvalue weighted by Gasteiger charge is 2.29. The van der Waals surface area contributed by atoms with E-state index in [1.54, 1.807) is 0 Å². The molecule has 0 heterocycles. The van der Waals surface area contributed by atoms with E-state index in [0.717, 1.165) is 11.8 Å². The predicted octanol–water partition coefficient (Wildman–Crippen LogP) is 9.29. The standard InChI is InChI=1S/C17H36ClN.C7H15Cl/c1-4-6-8-10-12-14-17(3,16(18)19)15-13-11-9-7-5-2;1-3-7(4-2)5-6-8/h16H,4-15,19H2,1-3H3;7H,3-6H2,1-2H3. The highest BCUT2D eigenvalue weighted by molar-refractivity contribution is 6.20. The van der Waals surface area contributed by atoms with Gasteiger partial charge in [-0.05, 0) is 30.6 Å². The van der Waals surface area contributed by atoms with Crippen LogP contribution in [0.1, 0.15) is 131 Å². The van der Waals surface area contributed by atoms with Crippen LogP contribution in [-0.4, -0.2) is 11.4 Å². The van der Waals surface area contributed by atoms with Crippen LogP contribution in [0.15, 0.2) is 0 Å². The van der Waals surface area contributed by atoms with Crippen molar-refractivity contribution in [2.75, 3.05) is 5.88 Å². The van der Waals surface area contributed by atoms with Gasteiger partial charge in [-0.25, -0.2) is 0 Å². The molecule has 27 heavy (non-hydrogen) atoms. The quantitative estimate of drug-likeness (QED) is 0.140. The Morgan fingerprint density at radius 1 is 0.741 bits per heavy atom. The summed E-state index contributed by atoms with van der Waals surface area (Å²) in [5.74, 6) is 1.69. The molecule has 0 saturated carbocycles. The van der Waals surface area contributed by atoms with Gasteiger partial charge in [0, 0.05) is 5.88 Å². The molecular formula is C24H51Cl2N. The lowest BCUT2D eigenvalue weighted by atomic mass is 9.79. The zero-order valence-corrected chi connectivity index (χ0v) is 20.8. The smallest absolute Gasteiger partial charge is 0.0854 e. The number of hydrogen-bond acceptors (Lipinski definition) is 1. The molecule has 0 fully saturated rings. The van der Waals surface area contributed by atoms with Crippen molar-refractivity contribution in [1.82, 2.24) is 0 Å². The molecule has 3 heteroatoms. The Kier molecular flexibility index (Phi) is 23.4. The molecule has 0 bridgehead atoms. The van der Waals surface area contributed by atoms with Gasteiger partial charge in [-0.2, -0.15) is 0 Å². The van der Waals surface area contributed by atoms with Gasteiger partial charge in [0.1, 0.15) is 0 Å². The van der Waals surface area contributed by atoms with Gasteiger partial charge in [-0.15, -0.1) is 23.2 Å². The van der Waals surface area contributed by atoms with Crippen molar-refractivity contribution < 1.29 is 0 Å². The van der Waals surface area contributed by atoms with E-state index >= 15 is 0 Å². The second-order valence-electron chi connectivity index (χ2n) is 8.54. The second-order valence-corrected chi connectivity index (χ2v) is 9.39. The number of alkyl halides is 2. The van der Waals surface area contributed by atoms with Crippen LogP contribution in [0.5, 0.6) is 0 Å². The van der Waals surface area contributed by atoms with Crippen LogP contribution in [0, 0.1) is 11.3 Å². The third kappa shape index (κ3) is 18.3. The first kappa shape index (κ1) is 29.7. The molecule has 0 aromatic carbocycles. The largest absolute Gasteiger partial charge is 0.315 e. The maximum atomic E-state index is 6.24. The van der Waals surface area contributed by atoms with Crippen molar-refractivity contribution in [3.63, 3.8) is 0 Å². The molecule has 1 nitrogen and oxygen atoms in total. The van der Waals surface area contributed by atoms with E-state index in [2.05, 4.69) is 34.6 Å². The lowest BCUT2D eigenvalue weighted by Crippen LogP contribution is -2.35. The zero-order valence-electron chi connectivity index (χ0n) is 19.3. The Morgan fingerprint density at radius 2 is 1.15 bits per heavy atom. The van der Waals surface area contributed by atoms with Gasteiger partial charge in [-0.1, -0.05) is 112 Å². The van der Waals surface area contributed by atoms with Gasteiger partial charge in [0.05, 0.1) is 5.50 Å². The molecule has 0 radical (unpaired) electrons. The molecule has 0 spiro atoms. The topological polar surface area (TPSA) is 26.0 Å². The molecule has 166 valence electrons. The van der Waals surface area contributed by atoms with E-state index in [4.69, 9.17) is 28.9 Å². The molecule has 2 N–H and O–H groups in total. The van der Waals surface area contributed by atoms with Crippen molar-refractivity contribution in [2.45, 2.75) is 136 Å². The summed E-state index contributed by atoms with van der Waals surface area (Å²) >= 11 is 11.8. The maximum Gasteiger partial charge on any atom is 0.0854 e. The molecule has 0 saturated heterocycles. The molecule has 1 atom stereocenters. The summed E-state index contributed by atoms with van der Waals surface area (Å²) in [6, 6.07) is 0. The fraction of sp³-hybridized carbons (Fsp3) is 1.00. The highest BCUT2D eigenvalue weighted by atomic mass is 35.5. The molecule has 0 aromatic rings. The lowest BCUT2D eigenvalue weighted by molar-refractivity contribution is 0.240. The van der Waals surface area contributed by atoms with Crippen LogP contribution in [0.2, 0.25) is 0 Å². The summed E-state index contributed by atoms with van der Waals surface area (Å²) < 4.78 is 0. The SMILES string of the molecule is CCC(CC)CCCl.CCCCCCCC(C)(CCCCCCC)C(N)Cl. The van der Waals surface area contributed by atoms with Crippen LogP contribution in [0.4, 0.5) is 0 Å². The zero-order chi connectivity index (χ0) is 21.0.